The van der Waals surface area contributed by atoms with E-state index in [2.05, 4.69) is 21.0 Å². The van der Waals surface area contributed by atoms with Gasteiger partial charge in [0.1, 0.15) is 12.4 Å². The van der Waals surface area contributed by atoms with Crippen LogP contribution in [0.4, 0.5) is 10.1 Å². The van der Waals surface area contributed by atoms with Gasteiger partial charge < -0.3 is 10.5 Å². The van der Waals surface area contributed by atoms with E-state index in [1.807, 2.05) is 6.92 Å². The van der Waals surface area contributed by atoms with Gasteiger partial charge in [-0.3, -0.25) is 4.68 Å². The van der Waals surface area contributed by atoms with E-state index < -0.39 is 11.8 Å². The minimum absolute atomic E-state index is 0.00893. The Kier molecular flexibility index (Phi) is 4.08. The van der Waals surface area contributed by atoms with Crippen molar-refractivity contribution in [3.63, 3.8) is 0 Å². The number of nitrogens with two attached hydrogens (primary N) is 1. The maximum atomic E-state index is 13.5. The van der Waals surface area contributed by atoms with E-state index in [0.717, 1.165) is 16.2 Å². The number of ether oxygens (including phenoxy) is 1. The van der Waals surface area contributed by atoms with Gasteiger partial charge >= 0.3 is 5.97 Å². The molecule has 1 aromatic carbocycles. The first kappa shape index (κ1) is 14.5. The van der Waals surface area contributed by atoms with Gasteiger partial charge in [-0.05, 0) is 41.1 Å². The molecule has 2 N–H and O–H groups in total. The summed E-state index contributed by atoms with van der Waals surface area (Å²) in [5, 5.41) is 4.18. The lowest BCUT2D eigenvalue weighted by molar-refractivity contribution is 0.0457. The number of carbonyl (C=O) groups is 1. The molecule has 106 valence electrons. The molecule has 2 rings (SSSR count). The van der Waals surface area contributed by atoms with Gasteiger partial charge in [0, 0.05) is 12.7 Å². The highest BCUT2D eigenvalue weighted by Crippen LogP contribution is 2.21. The topological polar surface area (TPSA) is 70.1 Å². The smallest absolute Gasteiger partial charge is 0.341 e. The molecule has 0 saturated carbocycles. The zero-order valence-corrected chi connectivity index (χ0v) is 12.6. The predicted octanol–water partition coefficient (Wildman–Crippen LogP) is 2.57. The highest BCUT2D eigenvalue weighted by Gasteiger charge is 2.16. The van der Waals surface area contributed by atoms with Gasteiger partial charge in [-0.25, -0.2) is 9.18 Å². The van der Waals surface area contributed by atoms with Gasteiger partial charge in [0.15, 0.2) is 0 Å². The molecular weight excluding hydrogens is 329 g/mol. The number of benzene rings is 1. The van der Waals surface area contributed by atoms with E-state index >= 15 is 0 Å². The molecule has 5 nitrogen and oxygen atoms in total. The highest BCUT2D eigenvalue weighted by atomic mass is 79.9. The molecule has 0 fully saturated rings. The summed E-state index contributed by atoms with van der Waals surface area (Å²) in [6.07, 6.45) is 0. The number of halogens is 2. The summed E-state index contributed by atoms with van der Waals surface area (Å²) >= 11 is 3.36. The number of nitrogens with zero attached hydrogens (tertiary/aromatic N) is 2. The zero-order valence-electron chi connectivity index (χ0n) is 11.0. The second kappa shape index (κ2) is 5.62. The van der Waals surface area contributed by atoms with E-state index in [0.29, 0.717) is 11.4 Å². The number of hydrogen-bond donors (Lipinski definition) is 1. The summed E-state index contributed by atoms with van der Waals surface area (Å²) in [6, 6.07) is 3.77. The molecule has 2 aromatic rings. The van der Waals surface area contributed by atoms with Crippen LogP contribution < -0.4 is 5.73 Å². The Balaban J connectivity index is 2.15. The fourth-order valence-electron chi connectivity index (χ4n) is 1.75. The van der Waals surface area contributed by atoms with Crippen molar-refractivity contribution in [2.24, 2.45) is 7.05 Å². The first-order valence-electron chi connectivity index (χ1n) is 5.80. The Morgan fingerprint density at radius 2 is 2.25 bits per heavy atom. The van der Waals surface area contributed by atoms with Crippen LogP contribution in [0.15, 0.2) is 22.7 Å². The molecule has 0 bridgehead atoms. The number of rotatable bonds is 3. The van der Waals surface area contributed by atoms with E-state index in [1.165, 1.54) is 12.1 Å². The Bertz CT molecular complexity index is 670. The van der Waals surface area contributed by atoms with E-state index in [1.54, 1.807) is 11.7 Å². The van der Waals surface area contributed by atoms with Gasteiger partial charge in [-0.1, -0.05) is 0 Å². The molecule has 20 heavy (non-hydrogen) atoms. The van der Waals surface area contributed by atoms with Crippen molar-refractivity contribution in [1.82, 2.24) is 9.78 Å². The summed E-state index contributed by atoms with van der Waals surface area (Å²) in [7, 11) is 1.74. The SMILES string of the molecule is Cc1nn(C)c(COC(=O)c2cc(N)ccc2F)c1Br. The number of esters is 1. The highest BCUT2D eigenvalue weighted by molar-refractivity contribution is 9.10. The van der Waals surface area contributed by atoms with Gasteiger partial charge in [0.25, 0.3) is 0 Å². The first-order chi connectivity index (χ1) is 9.40. The number of nitrogen functional groups attached to an aromatic ring is 1. The molecule has 0 aliphatic rings. The minimum Gasteiger partial charge on any atom is -0.455 e. The van der Waals surface area contributed by atoms with Gasteiger partial charge in [0.05, 0.1) is 21.4 Å². The summed E-state index contributed by atoms with van der Waals surface area (Å²) in [4.78, 5) is 11.9. The van der Waals surface area contributed by atoms with Crippen molar-refractivity contribution in [2.45, 2.75) is 13.5 Å². The molecule has 0 spiro atoms. The normalized spacial score (nSPS) is 10.6. The Morgan fingerprint density at radius 1 is 1.55 bits per heavy atom. The molecule has 1 heterocycles. The van der Waals surface area contributed by atoms with Gasteiger partial charge in [-0.15, -0.1) is 0 Å². The van der Waals surface area contributed by atoms with Crippen LogP contribution in [-0.2, 0) is 18.4 Å². The average molecular weight is 342 g/mol. The van der Waals surface area contributed by atoms with Crippen LogP contribution in [0.3, 0.4) is 0 Å². The summed E-state index contributed by atoms with van der Waals surface area (Å²) < 4.78 is 21.0. The lowest BCUT2D eigenvalue weighted by atomic mass is 10.2. The number of hydrogen-bond acceptors (Lipinski definition) is 4. The lowest BCUT2D eigenvalue weighted by Gasteiger charge is -2.07. The van der Waals surface area contributed by atoms with Gasteiger partial charge in [0.2, 0.25) is 0 Å². The van der Waals surface area contributed by atoms with Crippen LogP contribution in [0.2, 0.25) is 0 Å². The number of aromatic nitrogens is 2. The van der Waals surface area contributed by atoms with Crippen LogP contribution in [0.5, 0.6) is 0 Å². The third-order valence-electron chi connectivity index (χ3n) is 2.81. The first-order valence-corrected chi connectivity index (χ1v) is 6.59. The van der Waals surface area contributed by atoms with E-state index in [4.69, 9.17) is 10.5 Å². The molecule has 1 aromatic heterocycles. The molecule has 0 unspecified atom stereocenters. The maximum absolute atomic E-state index is 13.5. The molecule has 0 saturated heterocycles. The summed E-state index contributed by atoms with van der Waals surface area (Å²) in [5.74, 6) is -1.43. The van der Waals surface area contributed by atoms with E-state index in [9.17, 15) is 9.18 Å². The van der Waals surface area contributed by atoms with Crippen molar-refractivity contribution in [1.29, 1.82) is 0 Å². The minimum atomic E-state index is -0.763. The summed E-state index contributed by atoms with van der Waals surface area (Å²) in [6.45, 7) is 1.82. The van der Waals surface area contributed by atoms with Crippen molar-refractivity contribution < 1.29 is 13.9 Å². The van der Waals surface area contributed by atoms with Crippen LogP contribution in [0.1, 0.15) is 21.7 Å². The van der Waals surface area contributed by atoms with Crippen molar-refractivity contribution in [3.05, 3.63) is 45.4 Å². The molecule has 0 atom stereocenters. The van der Waals surface area contributed by atoms with Gasteiger partial charge in [-0.2, -0.15) is 5.10 Å². The number of carbonyl (C=O) groups excluding carboxylic acids is 1. The molecule has 7 heteroatoms. The van der Waals surface area contributed by atoms with Crippen molar-refractivity contribution in [2.75, 3.05) is 5.73 Å². The predicted molar refractivity (Wildman–Crippen MR) is 75.6 cm³/mol. The molecule has 0 aliphatic carbocycles. The standard InChI is InChI=1S/C13H13BrFN3O2/c1-7-12(14)11(18(2)17-7)6-20-13(19)9-5-8(16)3-4-10(9)15/h3-5H,6,16H2,1-2H3. The van der Waals surface area contributed by atoms with Crippen molar-refractivity contribution in [3.8, 4) is 0 Å². The van der Waals surface area contributed by atoms with Crippen LogP contribution in [0, 0.1) is 12.7 Å². The van der Waals surface area contributed by atoms with E-state index in [-0.39, 0.29) is 12.2 Å². The van der Waals surface area contributed by atoms with Crippen LogP contribution in [0.25, 0.3) is 0 Å². The summed E-state index contributed by atoms with van der Waals surface area (Å²) in [5.41, 5.74) is 7.13. The third kappa shape index (κ3) is 2.82. The Morgan fingerprint density at radius 3 is 2.85 bits per heavy atom. The average Bonchev–Trinajstić information content (AvgIpc) is 2.64. The third-order valence-corrected chi connectivity index (χ3v) is 3.84. The monoisotopic (exact) mass is 341 g/mol. The van der Waals surface area contributed by atoms with Crippen LogP contribution >= 0.6 is 15.9 Å². The fourth-order valence-corrected chi connectivity index (χ4v) is 2.20. The maximum Gasteiger partial charge on any atom is 0.341 e. The van der Waals surface area contributed by atoms with Crippen molar-refractivity contribution >= 4 is 27.6 Å². The quantitative estimate of drug-likeness (QED) is 0.688. The number of aryl methyl sites for hydroxylation is 2. The second-order valence-electron chi connectivity index (χ2n) is 4.29. The molecule has 0 radical (unpaired) electrons. The number of anilines is 1. The van der Waals surface area contributed by atoms with Crippen LogP contribution in [-0.4, -0.2) is 15.7 Å². The lowest BCUT2D eigenvalue weighted by Crippen LogP contribution is -2.10. The zero-order chi connectivity index (χ0) is 14.9. The second-order valence-corrected chi connectivity index (χ2v) is 5.08. The fraction of sp³-hybridized carbons (Fsp3) is 0.231. The largest absolute Gasteiger partial charge is 0.455 e. The molecule has 0 aliphatic heterocycles. The molecule has 0 amide bonds. The Hall–Kier alpha value is -1.89. The molecular formula is C13H13BrFN3O2. The Labute approximate surface area is 123 Å².